The highest BCUT2D eigenvalue weighted by molar-refractivity contribution is 5.32. The van der Waals surface area contributed by atoms with Crippen LogP contribution in [0.4, 0.5) is 0 Å². The molecule has 0 aromatic heterocycles. The maximum absolute atomic E-state index is 2.98. The van der Waals surface area contributed by atoms with E-state index in [1.807, 2.05) is 12.2 Å². The molecule has 0 N–H and O–H groups in total. The van der Waals surface area contributed by atoms with Crippen LogP contribution in [0.15, 0.2) is 41.7 Å². The van der Waals surface area contributed by atoms with E-state index in [9.17, 15) is 0 Å². The zero-order valence-corrected chi connectivity index (χ0v) is 7.30. The van der Waals surface area contributed by atoms with Crippen molar-refractivity contribution in [1.29, 1.82) is 0 Å². The Morgan fingerprint density at radius 3 is 3.17 bits per heavy atom. The minimum absolute atomic E-state index is 0.940. The Hall–Kier alpha value is -1.44. The van der Waals surface area contributed by atoms with Crippen LogP contribution in [-0.4, -0.2) is 0 Å². The van der Waals surface area contributed by atoms with Crippen LogP contribution in [0.1, 0.15) is 19.8 Å². The summed E-state index contributed by atoms with van der Waals surface area (Å²) < 4.78 is 0. The van der Waals surface area contributed by atoms with E-state index in [-0.39, 0.29) is 0 Å². The minimum Gasteiger partial charge on any atom is -0.116 e. The zero-order chi connectivity index (χ0) is 8.65. The molecule has 1 aliphatic carbocycles. The van der Waals surface area contributed by atoms with Gasteiger partial charge in [-0.2, -0.15) is 0 Å². The molecule has 0 nitrogen and oxygen atoms in total. The SMILES string of the molecule is CCC1=CC#CC=C=CCC=C1. The minimum atomic E-state index is 0.940. The Morgan fingerprint density at radius 2 is 2.33 bits per heavy atom. The predicted octanol–water partition coefficient (Wildman–Crippen LogP) is 3.00. The van der Waals surface area contributed by atoms with Gasteiger partial charge in [0.1, 0.15) is 0 Å². The molecule has 0 saturated carbocycles. The molecular weight excluding hydrogens is 144 g/mol. The molecule has 60 valence electrons. The smallest absolute Gasteiger partial charge is 0.0302 e. The van der Waals surface area contributed by atoms with Gasteiger partial charge in [-0.25, -0.2) is 0 Å². The third-order valence-corrected chi connectivity index (χ3v) is 1.61. The first kappa shape index (κ1) is 8.65. The van der Waals surface area contributed by atoms with Gasteiger partial charge in [-0.05, 0) is 30.6 Å². The number of allylic oxidation sites excluding steroid dienone is 5. The van der Waals surface area contributed by atoms with Gasteiger partial charge in [0.15, 0.2) is 0 Å². The van der Waals surface area contributed by atoms with E-state index in [2.05, 4.69) is 36.6 Å². The molecule has 0 heterocycles. The lowest BCUT2D eigenvalue weighted by atomic mass is 10.1. The van der Waals surface area contributed by atoms with Crippen LogP contribution in [-0.2, 0) is 0 Å². The zero-order valence-electron chi connectivity index (χ0n) is 7.30. The highest BCUT2D eigenvalue weighted by Crippen LogP contribution is 2.03. The fourth-order valence-electron chi connectivity index (χ4n) is 0.900. The quantitative estimate of drug-likeness (QED) is 0.404. The molecule has 1 aliphatic rings. The molecule has 0 spiro atoms. The van der Waals surface area contributed by atoms with E-state index >= 15 is 0 Å². The molecule has 0 aliphatic heterocycles. The van der Waals surface area contributed by atoms with Crippen LogP contribution in [0, 0.1) is 11.8 Å². The Kier molecular flexibility index (Phi) is 3.78. The molecule has 0 aromatic carbocycles. The van der Waals surface area contributed by atoms with Gasteiger partial charge in [0.2, 0.25) is 0 Å². The summed E-state index contributed by atoms with van der Waals surface area (Å²) in [5.74, 6) is 5.85. The fraction of sp³-hybridized carbons (Fsp3) is 0.250. The van der Waals surface area contributed by atoms with Crippen molar-refractivity contribution in [3.8, 4) is 11.8 Å². The highest BCUT2D eigenvalue weighted by Gasteiger charge is 1.84. The largest absolute Gasteiger partial charge is 0.116 e. The molecule has 0 unspecified atom stereocenters. The predicted molar refractivity (Wildman–Crippen MR) is 52.6 cm³/mol. The lowest BCUT2D eigenvalue weighted by Gasteiger charge is -1.92. The van der Waals surface area contributed by atoms with Gasteiger partial charge in [0.25, 0.3) is 0 Å². The van der Waals surface area contributed by atoms with Crippen molar-refractivity contribution in [2.75, 3.05) is 0 Å². The summed E-state index contributed by atoms with van der Waals surface area (Å²) in [4.78, 5) is 0. The van der Waals surface area contributed by atoms with Crippen molar-refractivity contribution in [3.05, 3.63) is 41.7 Å². The molecule has 0 heteroatoms. The maximum atomic E-state index is 2.98. The molecule has 0 aromatic rings. The van der Waals surface area contributed by atoms with Crippen LogP contribution in [0.2, 0.25) is 0 Å². The Labute approximate surface area is 74.0 Å². The second-order valence-corrected chi connectivity index (χ2v) is 2.51. The van der Waals surface area contributed by atoms with Gasteiger partial charge >= 0.3 is 0 Å². The van der Waals surface area contributed by atoms with E-state index in [0.29, 0.717) is 0 Å². The van der Waals surface area contributed by atoms with Crippen LogP contribution in [0.5, 0.6) is 0 Å². The number of hydrogen-bond donors (Lipinski definition) is 0. The molecule has 0 radical (unpaired) electrons. The van der Waals surface area contributed by atoms with Crippen molar-refractivity contribution < 1.29 is 0 Å². The summed E-state index contributed by atoms with van der Waals surface area (Å²) in [7, 11) is 0. The fourth-order valence-corrected chi connectivity index (χ4v) is 0.900. The highest BCUT2D eigenvalue weighted by atomic mass is 13.9. The molecule has 0 bridgehead atoms. The van der Waals surface area contributed by atoms with Gasteiger partial charge in [0.05, 0.1) is 0 Å². The van der Waals surface area contributed by atoms with E-state index < -0.39 is 0 Å². The monoisotopic (exact) mass is 156 g/mol. The van der Waals surface area contributed by atoms with E-state index in [0.717, 1.165) is 12.8 Å². The van der Waals surface area contributed by atoms with Crippen molar-refractivity contribution in [3.63, 3.8) is 0 Å². The first-order valence-electron chi connectivity index (χ1n) is 4.19. The summed E-state index contributed by atoms with van der Waals surface area (Å²) in [6, 6.07) is 0. The average Bonchev–Trinajstić information content (AvgIpc) is 2.14. The van der Waals surface area contributed by atoms with E-state index in [1.165, 1.54) is 5.57 Å². The second-order valence-electron chi connectivity index (χ2n) is 2.51. The number of rotatable bonds is 1. The first-order chi connectivity index (χ1) is 5.93. The second kappa shape index (κ2) is 5.24. The van der Waals surface area contributed by atoms with Crippen molar-refractivity contribution in [2.45, 2.75) is 19.8 Å². The molecule has 0 fully saturated rings. The Balaban J connectivity index is 2.86. The van der Waals surface area contributed by atoms with Gasteiger partial charge in [-0.1, -0.05) is 30.9 Å². The lowest BCUT2D eigenvalue weighted by molar-refractivity contribution is 1.15. The third kappa shape index (κ3) is 3.10. The van der Waals surface area contributed by atoms with E-state index in [1.54, 1.807) is 6.08 Å². The van der Waals surface area contributed by atoms with Gasteiger partial charge in [-0.3, -0.25) is 0 Å². The Bertz CT molecular complexity index is 310. The number of hydrogen-bond acceptors (Lipinski definition) is 0. The third-order valence-electron chi connectivity index (χ3n) is 1.61. The van der Waals surface area contributed by atoms with Gasteiger partial charge in [-0.15, -0.1) is 5.73 Å². The summed E-state index contributed by atoms with van der Waals surface area (Å²) in [6.07, 6.45) is 11.9. The molecule has 0 saturated heterocycles. The molecular formula is C12H12. The van der Waals surface area contributed by atoms with Crippen LogP contribution < -0.4 is 0 Å². The molecule has 0 atom stereocenters. The summed E-state index contributed by atoms with van der Waals surface area (Å²) >= 11 is 0. The summed E-state index contributed by atoms with van der Waals surface area (Å²) in [5, 5.41) is 0. The van der Waals surface area contributed by atoms with Crippen molar-refractivity contribution in [1.82, 2.24) is 0 Å². The summed E-state index contributed by atoms with van der Waals surface area (Å²) in [5.41, 5.74) is 4.27. The van der Waals surface area contributed by atoms with Crippen LogP contribution in [0.25, 0.3) is 0 Å². The Morgan fingerprint density at radius 1 is 1.42 bits per heavy atom. The van der Waals surface area contributed by atoms with Crippen molar-refractivity contribution >= 4 is 0 Å². The van der Waals surface area contributed by atoms with Crippen LogP contribution >= 0.6 is 0 Å². The lowest BCUT2D eigenvalue weighted by Crippen LogP contribution is -1.73. The topological polar surface area (TPSA) is 0 Å². The average molecular weight is 156 g/mol. The normalized spacial score (nSPS) is 14.9. The van der Waals surface area contributed by atoms with Gasteiger partial charge < -0.3 is 0 Å². The standard InChI is InChI=1S/C12H12/c1-2-12-10-8-6-4-3-5-7-9-11-12/h4-5,8,10-11H,2,6H2,1H3. The van der Waals surface area contributed by atoms with Crippen molar-refractivity contribution in [2.24, 2.45) is 0 Å². The van der Waals surface area contributed by atoms with Gasteiger partial charge in [0, 0.05) is 6.08 Å². The first-order valence-corrected chi connectivity index (χ1v) is 4.19. The molecule has 12 heavy (non-hydrogen) atoms. The maximum Gasteiger partial charge on any atom is 0.0302 e. The summed E-state index contributed by atoms with van der Waals surface area (Å²) in [6.45, 7) is 2.13. The van der Waals surface area contributed by atoms with E-state index in [4.69, 9.17) is 0 Å². The molecule has 0 amide bonds. The van der Waals surface area contributed by atoms with Crippen LogP contribution in [0.3, 0.4) is 0 Å². The molecule has 1 rings (SSSR count).